The van der Waals surface area contributed by atoms with Gasteiger partial charge >= 0.3 is 6.18 Å². The van der Waals surface area contributed by atoms with Crippen LogP contribution in [0.2, 0.25) is 0 Å². The molecule has 19 heavy (non-hydrogen) atoms. The number of fused-ring (bicyclic) bond motifs is 1. The van der Waals surface area contributed by atoms with Crippen LogP contribution in [0, 0.1) is 6.92 Å². The molecule has 0 fully saturated rings. The number of nitrogens with zero attached hydrogens (tertiary/aromatic N) is 2. The van der Waals surface area contributed by atoms with E-state index in [1.165, 1.54) is 0 Å². The van der Waals surface area contributed by atoms with E-state index in [2.05, 4.69) is 4.98 Å². The standard InChI is InChI=1S/C13H16F3N3/c1-4-7(2)19-8(3)18-12-10(17)5-9(6-11(12)19)13(14,15)16/h5-7H,4,17H2,1-3H3/t7-/m0/s1. The molecule has 0 saturated heterocycles. The molecule has 1 aromatic carbocycles. The summed E-state index contributed by atoms with van der Waals surface area (Å²) in [6.07, 6.45) is -3.59. The van der Waals surface area contributed by atoms with Crippen molar-refractivity contribution in [3.8, 4) is 0 Å². The molecule has 2 N–H and O–H groups in total. The summed E-state index contributed by atoms with van der Waals surface area (Å²) < 4.78 is 40.3. The quantitative estimate of drug-likeness (QED) is 0.841. The second-order valence-corrected chi connectivity index (χ2v) is 4.72. The molecule has 1 heterocycles. The first kappa shape index (κ1) is 13.7. The van der Waals surface area contributed by atoms with Crippen molar-refractivity contribution in [2.45, 2.75) is 39.4 Å². The number of nitrogens with two attached hydrogens (primary N) is 1. The number of aromatic nitrogens is 2. The average Bonchev–Trinajstić information content (AvgIpc) is 2.64. The molecule has 0 aliphatic rings. The van der Waals surface area contributed by atoms with Gasteiger partial charge in [0.2, 0.25) is 0 Å². The minimum atomic E-state index is -4.40. The maximum absolute atomic E-state index is 12.8. The number of hydrogen-bond acceptors (Lipinski definition) is 2. The molecule has 0 radical (unpaired) electrons. The van der Waals surface area contributed by atoms with E-state index in [0.717, 1.165) is 18.6 Å². The molecular weight excluding hydrogens is 255 g/mol. The first-order chi connectivity index (χ1) is 8.75. The fourth-order valence-corrected chi connectivity index (χ4v) is 2.24. The van der Waals surface area contributed by atoms with E-state index in [9.17, 15) is 13.2 Å². The maximum Gasteiger partial charge on any atom is 0.416 e. The predicted molar refractivity (Wildman–Crippen MR) is 68.9 cm³/mol. The number of alkyl halides is 3. The van der Waals surface area contributed by atoms with Gasteiger partial charge in [-0.2, -0.15) is 13.2 Å². The number of anilines is 1. The van der Waals surface area contributed by atoms with E-state index in [0.29, 0.717) is 16.9 Å². The fourth-order valence-electron chi connectivity index (χ4n) is 2.24. The van der Waals surface area contributed by atoms with Crippen LogP contribution in [0.1, 0.15) is 37.7 Å². The molecule has 0 aliphatic heterocycles. The SMILES string of the molecule is CC[C@H](C)n1c(C)nc2c(N)cc(C(F)(F)F)cc21. The Hall–Kier alpha value is -1.72. The van der Waals surface area contributed by atoms with Crippen molar-refractivity contribution in [2.75, 3.05) is 5.73 Å². The van der Waals surface area contributed by atoms with Crippen LogP contribution in [-0.4, -0.2) is 9.55 Å². The largest absolute Gasteiger partial charge is 0.416 e. The van der Waals surface area contributed by atoms with Crippen molar-refractivity contribution in [2.24, 2.45) is 0 Å². The van der Waals surface area contributed by atoms with Gasteiger partial charge in [-0.25, -0.2) is 4.98 Å². The number of halogens is 3. The molecule has 1 atom stereocenters. The summed E-state index contributed by atoms with van der Waals surface area (Å²) in [5.74, 6) is 0.676. The van der Waals surface area contributed by atoms with Crippen LogP contribution in [-0.2, 0) is 6.18 Å². The highest BCUT2D eigenvalue weighted by Crippen LogP contribution is 2.35. The molecule has 104 valence electrons. The molecule has 2 rings (SSSR count). The summed E-state index contributed by atoms with van der Waals surface area (Å²) in [6.45, 7) is 5.70. The normalized spacial score (nSPS) is 14.0. The van der Waals surface area contributed by atoms with Crippen LogP contribution in [0.3, 0.4) is 0 Å². The Bertz CT molecular complexity index is 614. The summed E-state index contributed by atoms with van der Waals surface area (Å²) in [7, 11) is 0. The van der Waals surface area contributed by atoms with Gasteiger partial charge in [0.05, 0.1) is 16.8 Å². The van der Waals surface area contributed by atoms with E-state index in [1.54, 1.807) is 11.5 Å². The van der Waals surface area contributed by atoms with Crippen molar-refractivity contribution in [1.29, 1.82) is 0 Å². The third-order valence-electron chi connectivity index (χ3n) is 3.36. The van der Waals surface area contributed by atoms with Gasteiger partial charge in [-0.1, -0.05) is 6.92 Å². The maximum atomic E-state index is 12.8. The van der Waals surface area contributed by atoms with Gasteiger partial charge in [0.1, 0.15) is 11.3 Å². The molecule has 3 nitrogen and oxygen atoms in total. The Morgan fingerprint density at radius 3 is 2.53 bits per heavy atom. The van der Waals surface area contributed by atoms with Crippen LogP contribution in [0.5, 0.6) is 0 Å². The monoisotopic (exact) mass is 271 g/mol. The third kappa shape index (κ3) is 2.27. The molecule has 0 aliphatic carbocycles. The summed E-state index contributed by atoms with van der Waals surface area (Å²) in [5.41, 5.74) is 5.91. The van der Waals surface area contributed by atoms with Crippen LogP contribution in [0.4, 0.5) is 18.9 Å². The Kier molecular flexibility index (Phi) is 3.20. The van der Waals surface area contributed by atoms with Gasteiger partial charge in [-0.3, -0.25) is 0 Å². The smallest absolute Gasteiger partial charge is 0.397 e. The highest BCUT2D eigenvalue weighted by molar-refractivity contribution is 5.88. The van der Waals surface area contributed by atoms with E-state index in [4.69, 9.17) is 5.73 Å². The van der Waals surface area contributed by atoms with Crippen molar-refractivity contribution in [3.63, 3.8) is 0 Å². The summed E-state index contributed by atoms with van der Waals surface area (Å²) in [6, 6.07) is 2.14. The molecule has 0 unspecified atom stereocenters. The topological polar surface area (TPSA) is 43.8 Å². The lowest BCUT2D eigenvalue weighted by Crippen LogP contribution is -2.09. The van der Waals surface area contributed by atoms with Crippen LogP contribution >= 0.6 is 0 Å². The Balaban J connectivity index is 2.77. The van der Waals surface area contributed by atoms with Crippen molar-refractivity contribution < 1.29 is 13.2 Å². The lowest BCUT2D eigenvalue weighted by Gasteiger charge is -2.15. The first-order valence-corrected chi connectivity index (χ1v) is 6.11. The van der Waals surface area contributed by atoms with Crippen molar-refractivity contribution in [1.82, 2.24) is 9.55 Å². The number of benzene rings is 1. The number of aryl methyl sites for hydroxylation is 1. The zero-order chi connectivity index (χ0) is 14.4. The fraction of sp³-hybridized carbons (Fsp3) is 0.462. The third-order valence-corrected chi connectivity index (χ3v) is 3.36. The van der Waals surface area contributed by atoms with Gasteiger partial charge in [0, 0.05) is 6.04 Å². The minimum absolute atomic E-state index is 0.0648. The zero-order valence-corrected chi connectivity index (χ0v) is 11.0. The van der Waals surface area contributed by atoms with Crippen LogP contribution in [0.25, 0.3) is 11.0 Å². The highest BCUT2D eigenvalue weighted by Gasteiger charge is 2.32. The van der Waals surface area contributed by atoms with E-state index in [1.807, 2.05) is 13.8 Å². The molecule has 0 bridgehead atoms. The van der Waals surface area contributed by atoms with Crippen LogP contribution in [0.15, 0.2) is 12.1 Å². The predicted octanol–water partition coefficient (Wildman–Crippen LogP) is 3.92. The van der Waals surface area contributed by atoms with Crippen molar-refractivity contribution >= 4 is 16.7 Å². The minimum Gasteiger partial charge on any atom is -0.397 e. The number of rotatable bonds is 2. The molecule has 6 heteroatoms. The molecule has 0 amide bonds. The van der Waals surface area contributed by atoms with Crippen LogP contribution < -0.4 is 5.73 Å². The second kappa shape index (κ2) is 4.43. The zero-order valence-electron chi connectivity index (χ0n) is 11.0. The van der Waals surface area contributed by atoms with E-state index in [-0.39, 0.29) is 11.7 Å². The number of nitrogen functional groups attached to an aromatic ring is 1. The Morgan fingerprint density at radius 1 is 1.37 bits per heavy atom. The van der Waals surface area contributed by atoms with E-state index >= 15 is 0 Å². The Labute approximate surface area is 109 Å². The summed E-state index contributed by atoms with van der Waals surface area (Å²) in [4.78, 5) is 4.28. The second-order valence-electron chi connectivity index (χ2n) is 4.72. The van der Waals surface area contributed by atoms with E-state index < -0.39 is 11.7 Å². The molecule has 1 aromatic heterocycles. The molecule has 2 aromatic rings. The molecule has 0 spiro atoms. The summed E-state index contributed by atoms with van der Waals surface area (Å²) >= 11 is 0. The molecule has 0 saturated carbocycles. The van der Waals surface area contributed by atoms with Gasteiger partial charge in [0.15, 0.2) is 0 Å². The summed E-state index contributed by atoms with van der Waals surface area (Å²) in [5, 5.41) is 0. The van der Waals surface area contributed by atoms with Gasteiger partial charge < -0.3 is 10.3 Å². The Morgan fingerprint density at radius 2 is 2.00 bits per heavy atom. The van der Waals surface area contributed by atoms with Gasteiger partial charge in [-0.05, 0) is 32.4 Å². The lowest BCUT2D eigenvalue weighted by molar-refractivity contribution is -0.137. The molecular formula is C13H16F3N3. The average molecular weight is 271 g/mol. The number of imidazole rings is 1. The lowest BCUT2D eigenvalue weighted by atomic mass is 10.1. The van der Waals surface area contributed by atoms with Gasteiger partial charge in [0.25, 0.3) is 0 Å². The van der Waals surface area contributed by atoms with Crippen molar-refractivity contribution in [3.05, 3.63) is 23.5 Å². The van der Waals surface area contributed by atoms with Gasteiger partial charge in [-0.15, -0.1) is 0 Å². The first-order valence-electron chi connectivity index (χ1n) is 6.11. The number of hydrogen-bond donors (Lipinski definition) is 1. The highest BCUT2D eigenvalue weighted by atomic mass is 19.4.